The first kappa shape index (κ1) is 17.4. The van der Waals surface area contributed by atoms with Crippen molar-refractivity contribution in [3.8, 4) is 6.07 Å². The summed E-state index contributed by atoms with van der Waals surface area (Å²) >= 11 is 0. The summed E-state index contributed by atoms with van der Waals surface area (Å²) in [5, 5.41) is 9.40. The van der Waals surface area contributed by atoms with Gasteiger partial charge in [-0.2, -0.15) is 5.26 Å². The molecule has 1 aromatic carbocycles. The number of hydrogen-bond donors (Lipinski definition) is 1. The molecule has 4 nitrogen and oxygen atoms in total. The average molecular weight is 321 g/mol. The third-order valence-electron chi connectivity index (χ3n) is 4.42. The zero-order valence-corrected chi connectivity index (χ0v) is 13.5. The van der Waals surface area contributed by atoms with Crippen LogP contribution in [0, 0.1) is 28.4 Å². The quantitative estimate of drug-likeness (QED) is 0.930. The van der Waals surface area contributed by atoms with E-state index in [-0.39, 0.29) is 11.9 Å². The summed E-state index contributed by atoms with van der Waals surface area (Å²) in [6.45, 7) is 5.08. The summed E-state index contributed by atoms with van der Waals surface area (Å²) in [5.41, 5.74) is 5.36. The van der Waals surface area contributed by atoms with Crippen molar-refractivity contribution in [2.45, 2.75) is 51.7 Å². The first-order valence-corrected chi connectivity index (χ1v) is 7.62. The van der Waals surface area contributed by atoms with E-state index in [0.29, 0.717) is 18.4 Å². The third-order valence-corrected chi connectivity index (χ3v) is 4.42. The highest BCUT2D eigenvalue weighted by molar-refractivity contribution is 5.82. The molecule has 2 rings (SSSR count). The van der Waals surface area contributed by atoms with Crippen molar-refractivity contribution in [1.29, 1.82) is 5.26 Å². The van der Waals surface area contributed by atoms with Crippen LogP contribution >= 0.6 is 0 Å². The third kappa shape index (κ3) is 3.35. The Balaban J connectivity index is 2.47. The monoisotopic (exact) mass is 321 g/mol. The standard InChI is InChI=1S/C17H21F2N3O/c1-10(21)16(23)22-14(4-5-15(22)17(2,3)9-20)11-6-12(18)8-13(19)7-11/h6-8,10,14-15H,4-5,21H2,1-3H3/t10-,14+,15?/m1/s1. The van der Waals surface area contributed by atoms with Gasteiger partial charge in [0.15, 0.2) is 0 Å². The van der Waals surface area contributed by atoms with Crippen LogP contribution in [0.5, 0.6) is 0 Å². The normalized spacial score (nSPS) is 22.7. The molecule has 1 heterocycles. The largest absolute Gasteiger partial charge is 0.330 e. The van der Waals surface area contributed by atoms with E-state index in [0.717, 1.165) is 6.07 Å². The molecule has 0 saturated carbocycles. The molecule has 1 fully saturated rings. The number of carbonyl (C=O) groups excluding carboxylic acids is 1. The maximum atomic E-state index is 13.5. The Hall–Kier alpha value is -2.00. The van der Waals surface area contributed by atoms with Crippen LogP contribution < -0.4 is 5.73 Å². The van der Waals surface area contributed by atoms with Gasteiger partial charge in [-0.1, -0.05) is 0 Å². The lowest BCUT2D eigenvalue weighted by atomic mass is 9.84. The molecule has 23 heavy (non-hydrogen) atoms. The van der Waals surface area contributed by atoms with Gasteiger partial charge in [-0.05, 0) is 51.3 Å². The number of carbonyl (C=O) groups is 1. The number of likely N-dealkylation sites (tertiary alicyclic amines) is 1. The average Bonchev–Trinajstić information content (AvgIpc) is 2.90. The summed E-state index contributed by atoms with van der Waals surface area (Å²) < 4.78 is 27.1. The number of amides is 1. The van der Waals surface area contributed by atoms with E-state index in [4.69, 9.17) is 5.73 Å². The second-order valence-electron chi connectivity index (χ2n) is 6.68. The van der Waals surface area contributed by atoms with Crippen molar-refractivity contribution >= 4 is 5.91 Å². The maximum absolute atomic E-state index is 13.5. The van der Waals surface area contributed by atoms with Gasteiger partial charge in [-0.15, -0.1) is 0 Å². The molecule has 1 amide bonds. The lowest BCUT2D eigenvalue weighted by molar-refractivity contribution is -0.137. The fourth-order valence-corrected chi connectivity index (χ4v) is 3.23. The molecule has 0 aromatic heterocycles. The van der Waals surface area contributed by atoms with Crippen molar-refractivity contribution in [3.63, 3.8) is 0 Å². The zero-order valence-electron chi connectivity index (χ0n) is 13.5. The molecule has 1 aliphatic heterocycles. The summed E-state index contributed by atoms with van der Waals surface area (Å²) in [7, 11) is 0. The van der Waals surface area contributed by atoms with E-state index in [1.165, 1.54) is 12.1 Å². The maximum Gasteiger partial charge on any atom is 0.240 e. The van der Waals surface area contributed by atoms with Crippen LogP contribution in [0.3, 0.4) is 0 Å². The molecule has 0 spiro atoms. The van der Waals surface area contributed by atoms with E-state index in [1.54, 1.807) is 25.7 Å². The van der Waals surface area contributed by atoms with Crippen molar-refractivity contribution < 1.29 is 13.6 Å². The molecule has 0 bridgehead atoms. The van der Waals surface area contributed by atoms with Gasteiger partial charge in [0, 0.05) is 6.07 Å². The van der Waals surface area contributed by atoms with Crippen LogP contribution in [0.25, 0.3) is 0 Å². The lowest BCUT2D eigenvalue weighted by Crippen LogP contribution is -2.50. The fraction of sp³-hybridized carbons (Fsp3) is 0.529. The van der Waals surface area contributed by atoms with Gasteiger partial charge in [0.25, 0.3) is 0 Å². The van der Waals surface area contributed by atoms with Gasteiger partial charge in [0.1, 0.15) is 11.6 Å². The van der Waals surface area contributed by atoms with Crippen LogP contribution in [-0.4, -0.2) is 22.9 Å². The molecule has 1 aliphatic rings. The minimum absolute atomic E-state index is 0.314. The van der Waals surface area contributed by atoms with Gasteiger partial charge >= 0.3 is 0 Å². The topological polar surface area (TPSA) is 70.1 Å². The first-order chi connectivity index (χ1) is 10.7. The number of halogens is 2. The van der Waals surface area contributed by atoms with E-state index in [9.17, 15) is 18.8 Å². The highest BCUT2D eigenvalue weighted by Crippen LogP contribution is 2.43. The molecule has 2 N–H and O–H groups in total. The van der Waals surface area contributed by atoms with E-state index >= 15 is 0 Å². The molecule has 0 aliphatic carbocycles. The Kier molecular flexibility index (Phi) is 4.71. The highest BCUT2D eigenvalue weighted by atomic mass is 19.1. The summed E-state index contributed by atoms with van der Waals surface area (Å²) in [4.78, 5) is 14.1. The van der Waals surface area contributed by atoms with Crippen molar-refractivity contribution in [2.24, 2.45) is 11.1 Å². The number of benzene rings is 1. The second-order valence-corrected chi connectivity index (χ2v) is 6.68. The number of rotatable bonds is 3. The summed E-state index contributed by atoms with van der Waals surface area (Å²) in [5.74, 6) is -1.68. The van der Waals surface area contributed by atoms with Crippen LogP contribution in [0.4, 0.5) is 8.78 Å². The Morgan fingerprint density at radius 2 is 1.91 bits per heavy atom. The Morgan fingerprint density at radius 3 is 2.39 bits per heavy atom. The predicted octanol–water partition coefficient (Wildman–Crippen LogP) is 2.89. The van der Waals surface area contributed by atoms with Crippen LogP contribution in [-0.2, 0) is 4.79 Å². The molecule has 1 saturated heterocycles. The molecule has 1 unspecified atom stereocenters. The molecule has 0 radical (unpaired) electrons. The minimum Gasteiger partial charge on any atom is -0.330 e. The van der Waals surface area contributed by atoms with Crippen LogP contribution in [0.2, 0.25) is 0 Å². The molecular weight excluding hydrogens is 300 g/mol. The van der Waals surface area contributed by atoms with Gasteiger partial charge in [0.2, 0.25) is 5.91 Å². The van der Waals surface area contributed by atoms with Crippen molar-refractivity contribution in [2.75, 3.05) is 0 Å². The van der Waals surface area contributed by atoms with E-state index in [2.05, 4.69) is 6.07 Å². The molecular formula is C17H21F2N3O. The van der Waals surface area contributed by atoms with Crippen LogP contribution in [0.15, 0.2) is 18.2 Å². The molecule has 3 atom stereocenters. The SMILES string of the molecule is C[C@@H](N)C(=O)N1C(C(C)(C)C#N)CC[C@H]1c1cc(F)cc(F)c1. The molecule has 1 aromatic rings. The highest BCUT2D eigenvalue weighted by Gasteiger charge is 2.46. The zero-order chi connectivity index (χ0) is 17.4. The lowest BCUT2D eigenvalue weighted by Gasteiger charge is -2.37. The Labute approximate surface area is 134 Å². The molecule has 6 heteroatoms. The van der Waals surface area contributed by atoms with E-state index < -0.39 is 29.1 Å². The van der Waals surface area contributed by atoms with Gasteiger partial charge in [-0.3, -0.25) is 4.79 Å². The smallest absolute Gasteiger partial charge is 0.240 e. The van der Waals surface area contributed by atoms with Gasteiger partial charge < -0.3 is 10.6 Å². The number of hydrogen-bond acceptors (Lipinski definition) is 3. The predicted molar refractivity (Wildman–Crippen MR) is 82.0 cm³/mol. The minimum atomic E-state index is -0.773. The van der Waals surface area contributed by atoms with Gasteiger partial charge in [-0.25, -0.2) is 8.78 Å². The van der Waals surface area contributed by atoms with Gasteiger partial charge in [0.05, 0.1) is 29.6 Å². The number of nitrogens with two attached hydrogens (primary N) is 1. The van der Waals surface area contributed by atoms with Crippen molar-refractivity contribution in [3.05, 3.63) is 35.4 Å². The molecule has 124 valence electrons. The van der Waals surface area contributed by atoms with Crippen LogP contribution in [0.1, 0.15) is 45.2 Å². The Bertz CT molecular complexity index is 631. The fourth-order valence-electron chi connectivity index (χ4n) is 3.23. The number of nitriles is 1. The first-order valence-electron chi connectivity index (χ1n) is 7.62. The van der Waals surface area contributed by atoms with E-state index in [1.807, 2.05) is 0 Å². The second kappa shape index (κ2) is 6.25. The summed E-state index contributed by atoms with van der Waals surface area (Å²) in [6.07, 6.45) is 1.12. The van der Waals surface area contributed by atoms with Crippen molar-refractivity contribution in [1.82, 2.24) is 4.90 Å². The Morgan fingerprint density at radius 1 is 1.35 bits per heavy atom. The summed E-state index contributed by atoms with van der Waals surface area (Å²) in [6, 6.07) is 3.92. The number of nitrogens with zero attached hydrogens (tertiary/aromatic N) is 2.